The minimum atomic E-state index is -0.458. The zero-order valence-corrected chi connectivity index (χ0v) is 10.8. The maximum absolute atomic E-state index is 12.3. The van der Waals surface area contributed by atoms with Gasteiger partial charge in [0.25, 0.3) is 0 Å². The molecular formula is C14H21NO. The Labute approximate surface area is 98.3 Å². The highest BCUT2D eigenvalue weighted by molar-refractivity contribution is 5.87. The lowest BCUT2D eigenvalue weighted by Crippen LogP contribution is -2.44. The SMILES string of the molecule is CC(C)N(C)C(=O)C(C)(C)c1ccccc1. The highest BCUT2D eigenvalue weighted by Crippen LogP contribution is 2.25. The van der Waals surface area contributed by atoms with Crippen LogP contribution in [0, 0.1) is 0 Å². The number of hydrogen-bond donors (Lipinski definition) is 0. The zero-order valence-electron chi connectivity index (χ0n) is 10.8. The van der Waals surface area contributed by atoms with E-state index in [0.717, 1.165) is 5.56 Å². The Balaban J connectivity index is 2.99. The Kier molecular flexibility index (Phi) is 3.74. The van der Waals surface area contributed by atoms with E-state index in [2.05, 4.69) is 0 Å². The van der Waals surface area contributed by atoms with Crippen molar-refractivity contribution in [2.24, 2.45) is 0 Å². The van der Waals surface area contributed by atoms with Gasteiger partial charge in [0.1, 0.15) is 0 Å². The molecule has 0 spiro atoms. The van der Waals surface area contributed by atoms with Crippen molar-refractivity contribution in [1.82, 2.24) is 4.90 Å². The summed E-state index contributed by atoms with van der Waals surface area (Å²) in [5.41, 5.74) is 0.604. The van der Waals surface area contributed by atoms with Crippen LogP contribution < -0.4 is 0 Å². The summed E-state index contributed by atoms with van der Waals surface area (Å²) in [4.78, 5) is 14.1. The Hall–Kier alpha value is -1.31. The Morgan fingerprint density at radius 3 is 2.12 bits per heavy atom. The molecular weight excluding hydrogens is 198 g/mol. The smallest absolute Gasteiger partial charge is 0.232 e. The first-order valence-electron chi connectivity index (χ1n) is 5.70. The molecule has 0 fully saturated rings. The quantitative estimate of drug-likeness (QED) is 0.765. The standard InChI is InChI=1S/C14H21NO/c1-11(2)15(5)13(16)14(3,4)12-9-7-6-8-10-12/h6-11H,1-5H3. The number of hydrogen-bond acceptors (Lipinski definition) is 1. The molecule has 1 rings (SSSR count). The average Bonchev–Trinajstić information content (AvgIpc) is 2.28. The van der Waals surface area contributed by atoms with E-state index in [0.29, 0.717) is 0 Å². The van der Waals surface area contributed by atoms with E-state index in [9.17, 15) is 4.79 Å². The number of carbonyl (C=O) groups excluding carboxylic acids is 1. The number of carbonyl (C=O) groups is 1. The largest absolute Gasteiger partial charge is 0.343 e. The van der Waals surface area contributed by atoms with Gasteiger partial charge in [-0.2, -0.15) is 0 Å². The van der Waals surface area contributed by atoms with E-state index in [1.54, 1.807) is 4.90 Å². The first kappa shape index (κ1) is 12.8. The predicted octanol–water partition coefficient (Wildman–Crippen LogP) is 2.83. The van der Waals surface area contributed by atoms with Gasteiger partial charge in [0.05, 0.1) is 5.41 Å². The molecule has 0 atom stereocenters. The number of amides is 1. The summed E-state index contributed by atoms with van der Waals surface area (Å²) in [6.45, 7) is 8.00. The third kappa shape index (κ3) is 2.43. The van der Waals surface area contributed by atoms with Crippen molar-refractivity contribution in [3.63, 3.8) is 0 Å². The molecule has 1 aromatic carbocycles. The van der Waals surface area contributed by atoms with Crippen LogP contribution in [0.4, 0.5) is 0 Å². The highest BCUT2D eigenvalue weighted by Gasteiger charge is 2.32. The average molecular weight is 219 g/mol. The lowest BCUT2D eigenvalue weighted by molar-refractivity contribution is -0.136. The maximum atomic E-state index is 12.3. The summed E-state index contributed by atoms with van der Waals surface area (Å²) in [7, 11) is 1.86. The summed E-state index contributed by atoms with van der Waals surface area (Å²) >= 11 is 0. The van der Waals surface area contributed by atoms with Crippen molar-refractivity contribution in [3.05, 3.63) is 35.9 Å². The van der Waals surface area contributed by atoms with Crippen LogP contribution in [0.2, 0.25) is 0 Å². The van der Waals surface area contributed by atoms with Gasteiger partial charge >= 0.3 is 0 Å². The van der Waals surface area contributed by atoms with Crippen LogP contribution in [0.5, 0.6) is 0 Å². The van der Waals surface area contributed by atoms with Gasteiger partial charge in [-0.25, -0.2) is 0 Å². The fourth-order valence-electron chi connectivity index (χ4n) is 1.65. The first-order chi connectivity index (χ1) is 7.37. The summed E-state index contributed by atoms with van der Waals surface area (Å²) in [5, 5.41) is 0. The fourth-order valence-corrected chi connectivity index (χ4v) is 1.65. The van der Waals surface area contributed by atoms with Crippen molar-refractivity contribution in [2.45, 2.75) is 39.2 Å². The van der Waals surface area contributed by atoms with E-state index < -0.39 is 5.41 Å². The van der Waals surface area contributed by atoms with E-state index >= 15 is 0 Å². The van der Waals surface area contributed by atoms with Crippen LogP contribution in [0.25, 0.3) is 0 Å². The second kappa shape index (κ2) is 4.69. The molecule has 0 aliphatic heterocycles. The van der Waals surface area contributed by atoms with Crippen LogP contribution in [0.15, 0.2) is 30.3 Å². The van der Waals surface area contributed by atoms with E-state index in [1.807, 2.05) is 65.1 Å². The van der Waals surface area contributed by atoms with Crippen molar-refractivity contribution in [1.29, 1.82) is 0 Å². The molecule has 0 aliphatic rings. The molecule has 1 amide bonds. The third-order valence-corrected chi connectivity index (χ3v) is 3.13. The van der Waals surface area contributed by atoms with E-state index in [4.69, 9.17) is 0 Å². The van der Waals surface area contributed by atoms with Gasteiger partial charge in [0.2, 0.25) is 5.91 Å². The number of nitrogens with zero attached hydrogens (tertiary/aromatic N) is 1. The van der Waals surface area contributed by atoms with Crippen LogP contribution in [-0.4, -0.2) is 23.9 Å². The molecule has 2 heteroatoms. The number of rotatable bonds is 3. The Morgan fingerprint density at radius 1 is 1.19 bits per heavy atom. The molecule has 1 aromatic rings. The van der Waals surface area contributed by atoms with Gasteiger partial charge in [0, 0.05) is 13.1 Å². The minimum Gasteiger partial charge on any atom is -0.343 e. The van der Waals surface area contributed by atoms with Crippen molar-refractivity contribution < 1.29 is 4.79 Å². The van der Waals surface area contributed by atoms with Gasteiger partial charge in [-0.3, -0.25) is 4.79 Å². The molecule has 0 saturated carbocycles. The molecule has 88 valence electrons. The van der Waals surface area contributed by atoms with Gasteiger partial charge in [-0.1, -0.05) is 30.3 Å². The third-order valence-electron chi connectivity index (χ3n) is 3.13. The summed E-state index contributed by atoms with van der Waals surface area (Å²) < 4.78 is 0. The van der Waals surface area contributed by atoms with E-state index in [-0.39, 0.29) is 11.9 Å². The Morgan fingerprint density at radius 2 is 1.69 bits per heavy atom. The lowest BCUT2D eigenvalue weighted by Gasteiger charge is -2.32. The highest BCUT2D eigenvalue weighted by atomic mass is 16.2. The van der Waals surface area contributed by atoms with Gasteiger partial charge < -0.3 is 4.90 Å². The van der Waals surface area contributed by atoms with Gasteiger partial charge in [0.15, 0.2) is 0 Å². The molecule has 0 radical (unpaired) electrons. The molecule has 0 heterocycles. The Bertz CT molecular complexity index is 354. The molecule has 0 N–H and O–H groups in total. The topological polar surface area (TPSA) is 20.3 Å². The molecule has 0 aromatic heterocycles. The van der Waals surface area contributed by atoms with Crippen LogP contribution in [0.1, 0.15) is 33.3 Å². The predicted molar refractivity (Wildman–Crippen MR) is 67.4 cm³/mol. The van der Waals surface area contributed by atoms with Crippen molar-refractivity contribution in [3.8, 4) is 0 Å². The van der Waals surface area contributed by atoms with Crippen LogP contribution >= 0.6 is 0 Å². The summed E-state index contributed by atoms with van der Waals surface area (Å²) in [5.74, 6) is 0.161. The minimum absolute atomic E-state index is 0.161. The van der Waals surface area contributed by atoms with Gasteiger partial charge in [-0.15, -0.1) is 0 Å². The maximum Gasteiger partial charge on any atom is 0.232 e. The first-order valence-corrected chi connectivity index (χ1v) is 5.70. The number of likely N-dealkylation sites (N-methyl/N-ethyl adjacent to an activating group) is 1. The molecule has 2 nitrogen and oxygen atoms in total. The van der Waals surface area contributed by atoms with Crippen molar-refractivity contribution >= 4 is 5.91 Å². The summed E-state index contributed by atoms with van der Waals surface area (Å²) in [6.07, 6.45) is 0. The van der Waals surface area contributed by atoms with E-state index in [1.165, 1.54) is 0 Å². The number of benzene rings is 1. The monoisotopic (exact) mass is 219 g/mol. The second-order valence-electron chi connectivity index (χ2n) is 5.00. The molecule has 0 saturated heterocycles. The zero-order chi connectivity index (χ0) is 12.3. The normalized spacial score (nSPS) is 11.6. The van der Waals surface area contributed by atoms with Gasteiger partial charge in [-0.05, 0) is 33.3 Å². The van der Waals surface area contributed by atoms with Crippen LogP contribution in [0.3, 0.4) is 0 Å². The van der Waals surface area contributed by atoms with Crippen LogP contribution in [-0.2, 0) is 10.2 Å². The fraction of sp³-hybridized carbons (Fsp3) is 0.500. The van der Waals surface area contributed by atoms with Crippen molar-refractivity contribution in [2.75, 3.05) is 7.05 Å². The lowest BCUT2D eigenvalue weighted by atomic mass is 9.83. The molecule has 0 unspecified atom stereocenters. The summed E-state index contributed by atoms with van der Waals surface area (Å²) in [6, 6.07) is 10.2. The molecule has 16 heavy (non-hydrogen) atoms. The molecule has 0 bridgehead atoms. The molecule has 0 aliphatic carbocycles. The second-order valence-corrected chi connectivity index (χ2v) is 5.00.